The molecule has 0 aliphatic carbocycles. The van der Waals surface area contributed by atoms with Crippen molar-refractivity contribution < 1.29 is 4.79 Å². The van der Waals surface area contributed by atoms with E-state index < -0.39 is 0 Å². The Morgan fingerprint density at radius 3 is 3.11 bits per heavy atom. The van der Waals surface area contributed by atoms with Crippen LogP contribution in [0.5, 0.6) is 0 Å². The molecule has 0 aromatic rings. The third-order valence-corrected chi connectivity index (χ3v) is 1.57. The lowest BCUT2D eigenvalue weighted by atomic mass is 10.6. The second kappa shape index (κ2) is 2.82. The smallest absolute Gasteiger partial charge is 0.245 e. The molecule has 1 heterocycles. The van der Waals surface area contributed by atoms with Crippen LogP contribution in [0.15, 0.2) is 10.2 Å². The van der Waals surface area contributed by atoms with Gasteiger partial charge in [0.25, 0.3) is 0 Å². The van der Waals surface area contributed by atoms with Crippen LogP contribution in [0.3, 0.4) is 0 Å². The number of azo groups is 1. The van der Waals surface area contributed by atoms with E-state index in [-0.39, 0.29) is 17.9 Å². The summed E-state index contributed by atoms with van der Waals surface area (Å²) < 4.78 is 0. The number of amides is 1. The molecule has 1 rings (SSSR count). The lowest BCUT2D eigenvalue weighted by molar-refractivity contribution is -0.120. The molecule has 0 spiro atoms. The minimum Gasteiger partial charge on any atom is -0.323 e. The summed E-state index contributed by atoms with van der Waals surface area (Å²) in [5.74, 6) is -0.0515. The van der Waals surface area contributed by atoms with Gasteiger partial charge in [-0.3, -0.25) is 4.79 Å². The zero-order valence-electron chi connectivity index (χ0n) is 5.00. The quantitative estimate of drug-likeness (QED) is 0.573. The maximum absolute atomic E-state index is 10.6. The summed E-state index contributed by atoms with van der Waals surface area (Å²) in [6, 6.07) is 0. The Balaban J connectivity index is 2.49. The van der Waals surface area contributed by atoms with E-state index >= 15 is 0 Å². The first-order valence-electron chi connectivity index (χ1n) is 2.51. The van der Waals surface area contributed by atoms with Gasteiger partial charge in [0.15, 0.2) is 5.50 Å². The average molecular weight is 145 g/mol. The first kappa shape index (κ1) is 6.54. The van der Waals surface area contributed by atoms with Crippen LogP contribution in [0.25, 0.3) is 0 Å². The Morgan fingerprint density at radius 2 is 2.67 bits per heavy atom. The molecule has 1 aliphatic heterocycles. The summed E-state index contributed by atoms with van der Waals surface area (Å²) in [7, 11) is 0. The van der Waals surface area contributed by atoms with E-state index in [9.17, 15) is 4.79 Å². The Bertz CT molecular complexity index is 147. The first-order valence-corrected chi connectivity index (χ1v) is 3.80. The molecule has 9 heavy (non-hydrogen) atoms. The highest BCUT2D eigenvalue weighted by molar-refractivity contribution is 7.99. The second-order valence-corrected chi connectivity index (χ2v) is 2.49. The van der Waals surface area contributed by atoms with E-state index in [1.807, 2.05) is 6.26 Å². The average Bonchev–Trinajstić information content (AvgIpc) is 1.88. The molecule has 0 saturated carbocycles. The second-order valence-electron chi connectivity index (χ2n) is 1.57. The van der Waals surface area contributed by atoms with Crippen molar-refractivity contribution in [2.45, 2.75) is 5.50 Å². The molecule has 5 heteroatoms. The molecular weight excluding hydrogens is 138 g/mol. The van der Waals surface area contributed by atoms with Gasteiger partial charge < -0.3 is 5.32 Å². The fourth-order valence-corrected chi connectivity index (χ4v) is 0.908. The van der Waals surface area contributed by atoms with Crippen molar-refractivity contribution >= 4 is 17.7 Å². The van der Waals surface area contributed by atoms with Crippen molar-refractivity contribution in [2.75, 3.05) is 12.8 Å². The highest BCUT2D eigenvalue weighted by Gasteiger charge is 2.12. The minimum atomic E-state index is -0.161. The van der Waals surface area contributed by atoms with Crippen LogP contribution >= 0.6 is 11.8 Å². The zero-order chi connectivity index (χ0) is 6.69. The van der Waals surface area contributed by atoms with Crippen LogP contribution in [0.4, 0.5) is 0 Å². The predicted molar refractivity (Wildman–Crippen MR) is 35.2 cm³/mol. The minimum absolute atomic E-state index is 0.0515. The number of nitrogens with one attached hydrogen (secondary N) is 1. The van der Waals surface area contributed by atoms with Gasteiger partial charge in [-0.15, -0.1) is 11.8 Å². The Kier molecular flexibility index (Phi) is 2.05. The maximum Gasteiger partial charge on any atom is 0.245 e. The number of rotatable bonds is 1. The predicted octanol–water partition coefficient (Wildman–Crippen LogP) is 0.215. The Morgan fingerprint density at radius 1 is 1.89 bits per heavy atom. The number of nitrogens with zero attached hydrogens (tertiary/aromatic N) is 2. The molecule has 0 radical (unpaired) electrons. The normalized spacial score (nSPS) is 25.9. The molecule has 50 valence electrons. The van der Waals surface area contributed by atoms with Crippen LogP contribution in [0.2, 0.25) is 0 Å². The molecule has 1 aliphatic rings. The standard InChI is InChI=1S/C4H7N3OS/c1-9-4-6-3(8)2-5-7-4/h4H,2H2,1H3,(H,6,8). The third-order valence-electron chi connectivity index (χ3n) is 0.909. The summed E-state index contributed by atoms with van der Waals surface area (Å²) in [5, 5.41) is 9.99. The van der Waals surface area contributed by atoms with Gasteiger partial charge in [-0.2, -0.15) is 10.2 Å². The molecule has 0 bridgehead atoms. The van der Waals surface area contributed by atoms with Crippen LogP contribution in [-0.2, 0) is 4.79 Å². The van der Waals surface area contributed by atoms with Crippen molar-refractivity contribution in [2.24, 2.45) is 10.2 Å². The van der Waals surface area contributed by atoms with Gasteiger partial charge in [0.1, 0.15) is 6.54 Å². The summed E-state index contributed by atoms with van der Waals surface area (Å²) in [6.45, 7) is 0.178. The summed E-state index contributed by atoms with van der Waals surface area (Å²) in [6.07, 6.45) is 1.87. The molecule has 0 fully saturated rings. The Hall–Kier alpha value is -0.580. The van der Waals surface area contributed by atoms with E-state index in [0.717, 1.165) is 0 Å². The molecule has 0 saturated heterocycles. The van der Waals surface area contributed by atoms with Crippen LogP contribution < -0.4 is 5.32 Å². The van der Waals surface area contributed by atoms with Crippen molar-refractivity contribution in [1.29, 1.82) is 0 Å². The van der Waals surface area contributed by atoms with Crippen molar-refractivity contribution in [1.82, 2.24) is 5.32 Å². The number of hydrogen-bond acceptors (Lipinski definition) is 4. The monoisotopic (exact) mass is 145 g/mol. The van der Waals surface area contributed by atoms with Gasteiger partial charge >= 0.3 is 0 Å². The van der Waals surface area contributed by atoms with Gasteiger partial charge in [-0.05, 0) is 6.26 Å². The van der Waals surface area contributed by atoms with Crippen molar-refractivity contribution in [3.8, 4) is 0 Å². The molecule has 0 aromatic heterocycles. The van der Waals surface area contributed by atoms with E-state index in [2.05, 4.69) is 15.5 Å². The number of carbonyl (C=O) groups is 1. The molecule has 1 N–H and O–H groups in total. The summed E-state index contributed by atoms with van der Waals surface area (Å²) >= 11 is 1.46. The number of carbonyl (C=O) groups excluding carboxylic acids is 1. The lowest BCUT2D eigenvalue weighted by Crippen LogP contribution is -2.35. The molecule has 1 unspecified atom stereocenters. The van der Waals surface area contributed by atoms with Gasteiger partial charge in [0.05, 0.1) is 0 Å². The summed E-state index contributed by atoms with van der Waals surface area (Å²) in [4.78, 5) is 10.6. The van der Waals surface area contributed by atoms with Gasteiger partial charge in [0, 0.05) is 0 Å². The van der Waals surface area contributed by atoms with Crippen LogP contribution in [0.1, 0.15) is 0 Å². The number of hydrogen-bond donors (Lipinski definition) is 1. The van der Waals surface area contributed by atoms with Crippen LogP contribution in [0, 0.1) is 0 Å². The molecular formula is C4H7N3OS. The highest BCUT2D eigenvalue weighted by atomic mass is 32.2. The highest BCUT2D eigenvalue weighted by Crippen LogP contribution is 2.07. The van der Waals surface area contributed by atoms with Crippen molar-refractivity contribution in [3.05, 3.63) is 0 Å². The molecule has 4 nitrogen and oxygen atoms in total. The van der Waals surface area contributed by atoms with Crippen molar-refractivity contribution in [3.63, 3.8) is 0 Å². The largest absolute Gasteiger partial charge is 0.323 e. The zero-order valence-corrected chi connectivity index (χ0v) is 5.81. The van der Waals surface area contributed by atoms with E-state index in [4.69, 9.17) is 0 Å². The van der Waals surface area contributed by atoms with E-state index in [0.29, 0.717) is 0 Å². The fraction of sp³-hybridized carbons (Fsp3) is 0.750. The SMILES string of the molecule is CSC1N=NCC(=O)N1. The third kappa shape index (κ3) is 1.67. The van der Waals surface area contributed by atoms with E-state index in [1.54, 1.807) is 0 Å². The topological polar surface area (TPSA) is 53.8 Å². The Labute approximate surface area is 57.1 Å². The summed E-state index contributed by atoms with van der Waals surface area (Å²) in [5.41, 5.74) is -0.161. The van der Waals surface area contributed by atoms with Gasteiger partial charge in [-0.25, -0.2) is 0 Å². The van der Waals surface area contributed by atoms with Gasteiger partial charge in [0.2, 0.25) is 5.91 Å². The molecule has 1 atom stereocenters. The first-order chi connectivity index (χ1) is 4.33. The maximum atomic E-state index is 10.6. The lowest BCUT2D eigenvalue weighted by Gasteiger charge is -2.12. The van der Waals surface area contributed by atoms with Crippen LogP contribution in [-0.4, -0.2) is 24.2 Å². The fourth-order valence-electron chi connectivity index (χ4n) is 0.498. The molecule has 0 aromatic carbocycles. The molecule has 1 amide bonds. The van der Waals surface area contributed by atoms with E-state index in [1.165, 1.54) is 11.8 Å². The van der Waals surface area contributed by atoms with Gasteiger partial charge in [-0.1, -0.05) is 0 Å². The number of thioether (sulfide) groups is 1.